The number of aromatic nitrogens is 3. The molecule has 0 radical (unpaired) electrons. The fraction of sp³-hybridized carbons (Fsp3) is 0.308. The summed E-state index contributed by atoms with van der Waals surface area (Å²) >= 11 is 0. The second kappa shape index (κ2) is 11.4. The first kappa shape index (κ1) is 24.2. The molecule has 182 valence electrons. The van der Waals surface area contributed by atoms with E-state index in [4.69, 9.17) is 9.15 Å². The minimum atomic E-state index is -0.870. The van der Waals surface area contributed by atoms with E-state index in [1.165, 1.54) is 4.90 Å². The number of ether oxygens (including phenoxy) is 1. The Kier molecular flexibility index (Phi) is 7.89. The van der Waals surface area contributed by atoms with Crippen LogP contribution in [0.5, 0.6) is 0 Å². The van der Waals surface area contributed by atoms with Crippen LogP contribution in [-0.2, 0) is 33.8 Å². The first-order chi connectivity index (χ1) is 17.1. The quantitative estimate of drug-likeness (QED) is 0.335. The van der Waals surface area contributed by atoms with Gasteiger partial charge in [0.25, 0.3) is 0 Å². The number of hydrogen-bond donors (Lipinski definition) is 1. The summed E-state index contributed by atoms with van der Waals surface area (Å²) in [4.78, 5) is 28.7. The summed E-state index contributed by atoms with van der Waals surface area (Å²) in [6.07, 6.45) is 2.42. The lowest BCUT2D eigenvalue weighted by Gasteiger charge is -2.31. The van der Waals surface area contributed by atoms with Gasteiger partial charge in [-0.3, -0.25) is 9.59 Å². The molecule has 2 amide bonds. The van der Waals surface area contributed by atoms with E-state index >= 15 is 0 Å². The predicted molar refractivity (Wildman–Crippen MR) is 130 cm³/mol. The van der Waals surface area contributed by atoms with Crippen LogP contribution in [0.2, 0.25) is 0 Å². The van der Waals surface area contributed by atoms with Crippen molar-refractivity contribution in [3.63, 3.8) is 0 Å². The van der Waals surface area contributed by atoms with Crippen molar-refractivity contribution in [1.29, 1.82) is 0 Å². The van der Waals surface area contributed by atoms with Crippen LogP contribution >= 0.6 is 0 Å². The molecule has 0 aliphatic heterocycles. The highest BCUT2D eigenvalue weighted by Crippen LogP contribution is 2.25. The Balaban J connectivity index is 1.69. The lowest BCUT2D eigenvalue weighted by molar-refractivity contribution is -0.142. The third-order valence-electron chi connectivity index (χ3n) is 5.80. The maximum absolute atomic E-state index is 13.7. The van der Waals surface area contributed by atoms with Gasteiger partial charge in [0.05, 0.1) is 24.9 Å². The Morgan fingerprint density at radius 3 is 2.63 bits per heavy atom. The van der Waals surface area contributed by atoms with Gasteiger partial charge in [0, 0.05) is 13.7 Å². The van der Waals surface area contributed by atoms with Gasteiger partial charge in [0.15, 0.2) is 0 Å². The molecule has 0 bridgehead atoms. The zero-order valence-electron chi connectivity index (χ0n) is 19.9. The number of aryl methyl sites for hydroxylation is 1. The number of amides is 2. The maximum atomic E-state index is 13.7. The van der Waals surface area contributed by atoms with Crippen molar-refractivity contribution in [3.05, 3.63) is 83.8 Å². The molecule has 1 N–H and O–H groups in total. The molecule has 0 saturated heterocycles. The van der Waals surface area contributed by atoms with E-state index in [0.29, 0.717) is 30.0 Å². The van der Waals surface area contributed by atoms with Crippen molar-refractivity contribution in [3.8, 4) is 0 Å². The van der Waals surface area contributed by atoms with Gasteiger partial charge in [-0.1, -0.05) is 48.5 Å². The Hall–Kier alpha value is -3.98. The fourth-order valence-corrected chi connectivity index (χ4v) is 3.93. The van der Waals surface area contributed by atoms with E-state index in [-0.39, 0.29) is 24.9 Å². The monoisotopic (exact) mass is 475 g/mol. The predicted octanol–water partition coefficient (Wildman–Crippen LogP) is 3.12. The molecule has 2 aromatic carbocycles. The van der Waals surface area contributed by atoms with Crippen LogP contribution in [0.3, 0.4) is 0 Å². The third kappa shape index (κ3) is 5.75. The molecule has 4 aromatic rings. The van der Waals surface area contributed by atoms with Gasteiger partial charge in [-0.15, -0.1) is 5.10 Å². The number of para-hydroxylation sites is 1. The largest absolute Gasteiger partial charge is 0.467 e. The number of rotatable bonds is 11. The van der Waals surface area contributed by atoms with Crippen molar-refractivity contribution in [2.45, 2.75) is 32.5 Å². The lowest BCUT2D eigenvalue weighted by atomic mass is 10.0. The summed E-state index contributed by atoms with van der Waals surface area (Å²) in [6, 6.07) is 17.9. The standard InChI is InChI=1S/C26H29N5O4/c1-3-19-10-12-20(13-11-19)25(26(33)27-14-16-34-2)30(17-21-7-6-15-35-21)24(32)18-31-23-9-5-4-8-22(23)28-29-31/h4-13,15,25H,3,14,16-18H2,1-2H3,(H,27,33). The number of methoxy groups -OCH3 is 1. The molecule has 35 heavy (non-hydrogen) atoms. The Morgan fingerprint density at radius 1 is 1.11 bits per heavy atom. The molecule has 9 heteroatoms. The summed E-state index contributed by atoms with van der Waals surface area (Å²) in [5, 5.41) is 11.2. The van der Waals surface area contributed by atoms with Crippen molar-refractivity contribution in [1.82, 2.24) is 25.2 Å². The Bertz CT molecular complexity index is 1250. The van der Waals surface area contributed by atoms with Gasteiger partial charge in [-0.05, 0) is 41.8 Å². The summed E-state index contributed by atoms with van der Waals surface area (Å²) in [6.45, 7) is 2.81. The summed E-state index contributed by atoms with van der Waals surface area (Å²) in [5.41, 5.74) is 3.29. The Morgan fingerprint density at radius 2 is 1.91 bits per heavy atom. The molecule has 2 heterocycles. The van der Waals surface area contributed by atoms with E-state index in [2.05, 4.69) is 22.6 Å². The third-order valence-corrected chi connectivity index (χ3v) is 5.80. The van der Waals surface area contributed by atoms with Gasteiger partial charge in [0.2, 0.25) is 11.8 Å². The molecular formula is C26H29N5O4. The van der Waals surface area contributed by atoms with Crippen molar-refractivity contribution in [2.24, 2.45) is 0 Å². The number of nitrogens with zero attached hydrogens (tertiary/aromatic N) is 4. The van der Waals surface area contributed by atoms with Crippen LogP contribution in [0.4, 0.5) is 0 Å². The molecule has 0 aliphatic rings. The highest BCUT2D eigenvalue weighted by atomic mass is 16.5. The first-order valence-electron chi connectivity index (χ1n) is 11.6. The molecule has 2 aromatic heterocycles. The first-order valence-corrected chi connectivity index (χ1v) is 11.6. The van der Waals surface area contributed by atoms with Crippen molar-refractivity contribution in [2.75, 3.05) is 20.3 Å². The molecule has 0 saturated carbocycles. The second-order valence-electron chi connectivity index (χ2n) is 8.12. The summed E-state index contributed by atoms with van der Waals surface area (Å²) < 4.78 is 12.2. The summed E-state index contributed by atoms with van der Waals surface area (Å²) in [5.74, 6) is -0.0140. The lowest BCUT2D eigenvalue weighted by Crippen LogP contribution is -2.45. The fourth-order valence-electron chi connectivity index (χ4n) is 3.93. The van der Waals surface area contributed by atoms with Gasteiger partial charge in [-0.25, -0.2) is 4.68 Å². The van der Waals surface area contributed by atoms with E-state index < -0.39 is 6.04 Å². The van der Waals surface area contributed by atoms with Gasteiger partial charge in [0.1, 0.15) is 23.9 Å². The average molecular weight is 476 g/mol. The van der Waals surface area contributed by atoms with E-state index in [1.54, 1.807) is 30.2 Å². The van der Waals surface area contributed by atoms with Crippen molar-refractivity contribution < 1.29 is 18.7 Å². The highest BCUT2D eigenvalue weighted by molar-refractivity contribution is 5.89. The van der Waals surface area contributed by atoms with Crippen LogP contribution in [0.25, 0.3) is 11.0 Å². The number of fused-ring (bicyclic) bond motifs is 1. The minimum Gasteiger partial charge on any atom is -0.467 e. The topological polar surface area (TPSA) is 102 Å². The van der Waals surface area contributed by atoms with E-state index in [9.17, 15) is 9.59 Å². The van der Waals surface area contributed by atoms with E-state index in [1.807, 2.05) is 48.5 Å². The number of carbonyl (C=O) groups excluding carboxylic acids is 2. The SMILES string of the molecule is CCc1ccc(C(C(=O)NCCOC)N(Cc2ccco2)C(=O)Cn2nnc3ccccc32)cc1. The average Bonchev–Trinajstić information content (AvgIpc) is 3.54. The molecule has 1 atom stereocenters. The molecule has 9 nitrogen and oxygen atoms in total. The molecule has 4 rings (SSSR count). The van der Waals surface area contributed by atoms with Crippen LogP contribution < -0.4 is 5.32 Å². The second-order valence-corrected chi connectivity index (χ2v) is 8.12. The van der Waals surface area contributed by atoms with Gasteiger partial charge < -0.3 is 19.4 Å². The number of carbonyl (C=O) groups is 2. The van der Waals surface area contributed by atoms with Crippen LogP contribution in [-0.4, -0.2) is 52.0 Å². The number of nitrogens with one attached hydrogen (secondary N) is 1. The summed E-state index contributed by atoms with van der Waals surface area (Å²) in [7, 11) is 1.57. The maximum Gasteiger partial charge on any atom is 0.247 e. The van der Waals surface area contributed by atoms with Crippen LogP contribution in [0.1, 0.15) is 29.9 Å². The van der Waals surface area contributed by atoms with Crippen LogP contribution in [0, 0.1) is 0 Å². The molecular weight excluding hydrogens is 446 g/mol. The zero-order chi connectivity index (χ0) is 24.6. The number of benzene rings is 2. The smallest absolute Gasteiger partial charge is 0.247 e. The minimum absolute atomic E-state index is 0.0733. The zero-order valence-corrected chi connectivity index (χ0v) is 19.9. The molecule has 0 aliphatic carbocycles. The normalized spacial score (nSPS) is 11.9. The highest BCUT2D eigenvalue weighted by Gasteiger charge is 2.32. The van der Waals surface area contributed by atoms with Gasteiger partial charge in [-0.2, -0.15) is 0 Å². The Labute approximate surface area is 203 Å². The molecule has 0 spiro atoms. The molecule has 0 fully saturated rings. The van der Waals surface area contributed by atoms with E-state index in [0.717, 1.165) is 17.5 Å². The van der Waals surface area contributed by atoms with Crippen molar-refractivity contribution >= 4 is 22.8 Å². The molecule has 1 unspecified atom stereocenters. The van der Waals surface area contributed by atoms with Crippen LogP contribution in [0.15, 0.2) is 71.3 Å². The number of furan rings is 1. The van der Waals surface area contributed by atoms with Gasteiger partial charge >= 0.3 is 0 Å². The number of hydrogen-bond acceptors (Lipinski definition) is 6.